The quantitative estimate of drug-likeness (QED) is 0.884. The Morgan fingerprint density at radius 3 is 2.62 bits per heavy atom. The van der Waals surface area contributed by atoms with E-state index in [4.69, 9.17) is 0 Å². The highest BCUT2D eigenvalue weighted by Crippen LogP contribution is 2.17. The summed E-state index contributed by atoms with van der Waals surface area (Å²) in [5.41, 5.74) is 2.79. The van der Waals surface area contributed by atoms with Crippen molar-refractivity contribution in [3.8, 4) is 0 Å². The van der Waals surface area contributed by atoms with E-state index in [1.807, 2.05) is 19.2 Å². The number of carbonyl (C=O) groups excluding carboxylic acids is 1. The standard InChI is InChI=1S/C16H19N3O2/c1-3-19(2)14-6-4-12(5-7-14)16(21)18-15-10-17-9-8-13(15)11-20/h4-10,20H,3,11H2,1-2H3,(H,18,21). The molecule has 5 nitrogen and oxygen atoms in total. The van der Waals surface area contributed by atoms with Crippen LogP contribution >= 0.6 is 0 Å². The molecule has 21 heavy (non-hydrogen) atoms. The van der Waals surface area contributed by atoms with Gasteiger partial charge >= 0.3 is 0 Å². The van der Waals surface area contributed by atoms with E-state index >= 15 is 0 Å². The fourth-order valence-corrected chi connectivity index (χ4v) is 1.92. The van der Waals surface area contributed by atoms with E-state index in [0.29, 0.717) is 16.8 Å². The van der Waals surface area contributed by atoms with Crippen LogP contribution in [0.3, 0.4) is 0 Å². The van der Waals surface area contributed by atoms with E-state index in [0.717, 1.165) is 12.2 Å². The van der Waals surface area contributed by atoms with Crippen molar-refractivity contribution in [3.05, 3.63) is 53.9 Å². The maximum atomic E-state index is 12.2. The highest BCUT2D eigenvalue weighted by atomic mass is 16.3. The smallest absolute Gasteiger partial charge is 0.255 e. The Kier molecular flexibility index (Phi) is 4.90. The van der Waals surface area contributed by atoms with Gasteiger partial charge in [-0.3, -0.25) is 9.78 Å². The summed E-state index contributed by atoms with van der Waals surface area (Å²) in [5, 5.41) is 12.0. The van der Waals surface area contributed by atoms with Crippen molar-refractivity contribution in [1.82, 2.24) is 4.98 Å². The van der Waals surface area contributed by atoms with Gasteiger partial charge in [0.1, 0.15) is 0 Å². The minimum Gasteiger partial charge on any atom is -0.392 e. The highest BCUT2D eigenvalue weighted by Gasteiger charge is 2.09. The molecule has 0 aliphatic rings. The van der Waals surface area contributed by atoms with Crippen molar-refractivity contribution < 1.29 is 9.90 Å². The zero-order valence-electron chi connectivity index (χ0n) is 12.2. The highest BCUT2D eigenvalue weighted by molar-refractivity contribution is 6.04. The lowest BCUT2D eigenvalue weighted by molar-refractivity contribution is 0.102. The molecule has 2 rings (SSSR count). The van der Waals surface area contributed by atoms with Gasteiger partial charge < -0.3 is 15.3 Å². The first-order valence-corrected chi connectivity index (χ1v) is 6.82. The van der Waals surface area contributed by atoms with Gasteiger partial charge in [0.2, 0.25) is 0 Å². The average molecular weight is 285 g/mol. The van der Waals surface area contributed by atoms with E-state index in [1.165, 1.54) is 6.20 Å². The Bertz CT molecular complexity index is 611. The van der Waals surface area contributed by atoms with Gasteiger partial charge in [0.15, 0.2) is 0 Å². The van der Waals surface area contributed by atoms with Gasteiger partial charge in [-0.2, -0.15) is 0 Å². The third-order valence-corrected chi connectivity index (χ3v) is 3.37. The van der Waals surface area contributed by atoms with E-state index < -0.39 is 0 Å². The van der Waals surface area contributed by atoms with Gasteiger partial charge in [-0.25, -0.2) is 0 Å². The summed E-state index contributed by atoms with van der Waals surface area (Å²) < 4.78 is 0. The number of pyridine rings is 1. The van der Waals surface area contributed by atoms with Crippen LogP contribution in [0, 0.1) is 0 Å². The number of aliphatic hydroxyl groups is 1. The molecule has 0 aliphatic carbocycles. The number of aliphatic hydroxyl groups excluding tert-OH is 1. The summed E-state index contributed by atoms with van der Waals surface area (Å²) in [6.07, 6.45) is 3.11. The monoisotopic (exact) mass is 285 g/mol. The SMILES string of the molecule is CCN(C)c1ccc(C(=O)Nc2cnccc2CO)cc1. The van der Waals surface area contributed by atoms with E-state index in [9.17, 15) is 9.90 Å². The summed E-state index contributed by atoms with van der Waals surface area (Å²) >= 11 is 0. The Hall–Kier alpha value is -2.40. The Labute approximate surface area is 124 Å². The van der Waals surface area contributed by atoms with Crippen LogP contribution in [0.1, 0.15) is 22.8 Å². The average Bonchev–Trinajstić information content (AvgIpc) is 2.54. The fourth-order valence-electron chi connectivity index (χ4n) is 1.92. The third kappa shape index (κ3) is 3.58. The molecule has 2 N–H and O–H groups in total. The van der Waals surface area contributed by atoms with Crippen LogP contribution in [0.5, 0.6) is 0 Å². The zero-order chi connectivity index (χ0) is 15.2. The summed E-state index contributed by atoms with van der Waals surface area (Å²) in [7, 11) is 2.00. The zero-order valence-corrected chi connectivity index (χ0v) is 12.2. The van der Waals surface area contributed by atoms with E-state index in [1.54, 1.807) is 24.4 Å². The molecule has 0 fully saturated rings. The molecule has 0 atom stereocenters. The largest absolute Gasteiger partial charge is 0.392 e. The number of hydrogen-bond acceptors (Lipinski definition) is 4. The molecule has 2 aromatic rings. The second kappa shape index (κ2) is 6.85. The van der Waals surface area contributed by atoms with Gasteiger partial charge in [0.05, 0.1) is 18.5 Å². The molecule has 0 radical (unpaired) electrons. The molecular formula is C16H19N3O2. The van der Waals surface area contributed by atoms with Crippen molar-refractivity contribution in [2.24, 2.45) is 0 Å². The number of hydrogen-bond donors (Lipinski definition) is 2. The summed E-state index contributed by atoms with van der Waals surface area (Å²) in [6, 6.07) is 9.07. The molecule has 5 heteroatoms. The second-order valence-corrected chi connectivity index (χ2v) is 4.71. The van der Waals surface area contributed by atoms with E-state index in [-0.39, 0.29) is 12.5 Å². The molecule has 1 aromatic carbocycles. The first-order chi connectivity index (χ1) is 10.2. The molecule has 0 bridgehead atoms. The first-order valence-electron chi connectivity index (χ1n) is 6.82. The molecular weight excluding hydrogens is 266 g/mol. The molecule has 0 aliphatic heterocycles. The maximum absolute atomic E-state index is 12.2. The maximum Gasteiger partial charge on any atom is 0.255 e. The van der Waals surface area contributed by atoms with Gasteiger partial charge in [-0.1, -0.05) is 0 Å². The molecule has 0 saturated heterocycles. The van der Waals surface area contributed by atoms with Gasteiger partial charge in [0, 0.05) is 36.6 Å². The normalized spacial score (nSPS) is 10.2. The van der Waals surface area contributed by atoms with Gasteiger partial charge in [-0.05, 0) is 37.3 Å². The Morgan fingerprint density at radius 1 is 1.29 bits per heavy atom. The van der Waals surface area contributed by atoms with Crippen molar-refractivity contribution in [3.63, 3.8) is 0 Å². The van der Waals surface area contributed by atoms with Gasteiger partial charge in [-0.15, -0.1) is 0 Å². The fraction of sp³-hybridized carbons (Fsp3) is 0.250. The number of anilines is 2. The van der Waals surface area contributed by atoms with Crippen LogP contribution in [0.25, 0.3) is 0 Å². The number of nitrogens with zero attached hydrogens (tertiary/aromatic N) is 2. The van der Waals surface area contributed by atoms with Crippen LogP contribution in [-0.2, 0) is 6.61 Å². The lowest BCUT2D eigenvalue weighted by Gasteiger charge is -2.16. The molecule has 0 saturated carbocycles. The van der Waals surface area contributed by atoms with Crippen molar-refractivity contribution in [1.29, 1.82) is 0 Å². The number of nitrogens with one attached hydrogen (secondary N) is 1. The first kappa shape index (κ1) is 15.0. The number of carbonyl (C=O) groups is 1. The predicted octanol–water partition coefficient (Wildman–Crippen LogP) is 2.28. The lowest BCUT2D eigenvalue weighted by atomic mass is 10.1. The molecule has 110 valence electrons. The van der Waals surface area contributed by atoms with E-state index in [2.05, 4.69) is 22.1 Å². The summed E-state index contributed by atoms with van der Waals surface area (Å²) in [6.45, 7) is 2.83. The molecule has 0 unspecified atom stereocenters. The topological polar surface area (TPSA) is 65.5 Å². The minimum absolute atomic E-state index is 0.141. The van der Waals surface area contributed by atoms with Crippen molar-refractivity contribution >= 4 is 17.3 Å². The van der Waals surface area contributed by atoms with Gasteiger partial charge in [0.25, 0.3) is 5.91 Å². The van der Waals surface area contributed by atoms with Crippen LogP contribution in [0.4, 0.5) is 11.4 Å². The predicted molar refractivity (Wildman–Crippen MR) is 83.5 cm³/mol. The lowest BCUT2D eigenvalue weighted by Crippen LogP contribution is -2.17. The minimum atomic E-state index is -0.219. The number of amides is 1. The third-order valence-electron chi connectivity index (χ3n) is 3.37. The van der Waals surface area contributed by atoms with Crippen LogP contribution < -0.4 is 10.2 Å². The second-order valence-electron chi connectivity index (χ2n) is 4.71. The molecule has 1 amide bonds. The van der Waals surface area contributed by atoms with Crippen LogP contribution in [0.15, 0.2) is 42.7 Å². The molecule has 1 heterocycles. The van der Waals surface area contributed by atoms with Crippen LogP contribution in [-0.4, -0.2) is 29.6 Å². The number of aromatic nitrogens is 1. The van der Waals surface area contributed by atoms with Crippen LogP contribution in [0.2, 0.25) is 0 Å². The number of benzene rings is 1. The summed E-state index contributed by atoms with van der Waals surface area (Å²) in [5.74, 6) is -0.219. The Morgan fingerprint density at radius 2 is 2.00 bits per heavy atom. The van der Waals surface area contributed by atoms with Crippen molar-refractivity contribution in [2.75, 3.05) is 23.8 Å². The number of rotatable bonds is 5. The Balaban J connectivity index is 2.13. The molecule has 0 spiro atoms. The van der Waals surface area contributed by atoms with Crippen molar-refractivity contribution in [2.45, 2.75) is 13.5 Å². The summed E-state index contributed by atoms with van der Waals surface area (Å²) in [4.78, 5) is 18.2. The molecule has 1 aromatic heterocycles.